The summed E-state index contributed by atoms with van der Waals surface area (Å²) in [4.78, 5) is 0. The SMILES string of the molecule is OC(Cc1ccoc1)c1ccc(Cl)c(Br)c1. The Bertz CT molecular complexity index is 468. The zero-order valence-corrected chi connectivity index (χ0v) is 10.7. The Kier molecular flexibility index (Phi) is 3.69. The molecule has 0 aliphatic rings. The Morgan fingerprint density at radius 1 is 1.38 bits per heavy atom. The zero-order chi connectivity index (χ0) is 11.5. The van der Waals surface area contributed by atoms with E-state index in [-0.39, 0.29) is 0 Å². The standard InChI is InChI=1S/C12H10BrClO2/c13-10-6-9(1-2-11(10)14)12(15)5-8-3-4-16-7-8/h1-4,6-7,12,15H,5H2. The fourth-order valence-electron chi connectivity index (χ4n) is 1.47. The number of hydrogen-bond donors (Lipinski definition) is 1. The molecule has 16 heavy (non-hydrogen) atoms. The summed E-state index contributed by atoms with van der Waals surface area (Å²) in [7, 11) is 0. The van der Waals surface area contributed by atoms with Gasteiger partial charge in [0.25, 0.3) is 0 Å². The van der Waals surface area contributed by atoms with E-state index in [0.29, 0.717) is 11.4 Å². The Balaban J connectivity index is 2.14. The van der Waals surface area contributed by atoms with Crippen LogP contribution in [0, 0.1) is 0 Å². The van der Waals surface area contributed by atoms with Gasteiger partial charge in [-0.2, -0.15) is 0 Å². The largest absolute Gasteiger partial charge is 0.472 e. The molecule has 2 nitrogen and oxygen atoms in total. The average molecular weight is 302 g/mol. The summed E-state index contributed by atoms with van der Waals surface area (Å²) >= 11 is 9.22. The number of rotatable bonds is 3. The first-order valence-corrected chi connectivity index (χ1v) is 5.98. The molecule has 0 spiro atoms. The second-order valence-corrected chi connectivity index (χ2v) is 4.79. The van der Waals surface area contributed by atoms with Crippen LogP contribution in [-0.4, -0.2) is 5.11 Å². The molecule has 1 aromatic heterocycles. The molecule has 0 bridgehead atoms. The maximum absolute atomic E-state index is 10.0. The van der Waals surface area contributed by atoms with Crippen molar-refractivity contribution in [1.29, 1.82) is 0 Å². The average Bonchev–Trinajstić information content (AvgIpc) is 2.74. The number of benzene rings is 1. The molecule has 0 aliphatic heterocycles. The van der Waals surface area contributed by atoms with Crippen LogP contribution < -0.4 is 0 Å². The summed E-state index contributed by atoms with van der Waals surface area (Å²) < 4.78 is 5.74. The van der Waals surface area contributed by atoms with Gasteiger partial charge in [0.15, 0.2) is 0 Å². The Labute approximate surface area is 107 Å². The van der Waals surface area contributed by atoms with Gasteiger partial charge in [0.1, 0.15) is 0 Å². The summed E-state index contributed by atoms with van der Waals surface area (Å²) in [5.74, 6) is 0. The van der Waals surface area contributed by atoms with Crippen LogP contribution in [-0.2, 0) is 6.42 Å². The van der Waals surface area contributed by atoms with Crippen molar-refractivity contribution in [1.82, 2.24) is 0 Å². The van der Waals surface area contributed by atoms with Crippen LogP contribution in [0.5, 0.6) is 0 Å². The molecule has 0 fully saturated rings. The maximum atomic E-state index is 10.0. The highest BCUT2D eigenvalue weighted by Crippen LogP contribution is 2.27. The molecule has 2 rings (SSSR count). The highest BCUT2D eigenvalue weighted by atomic mass is 79.9. The van der Waals surface area contributed by atoms with Gasteiger partial charge in [0.2, 0.25) is 0 Å². The maximum Gasteiger partial charge on any atom is 0.0935 e. The second kappa shape index (κ2) is 5.04. The van der Waals surface area contributed by atoms with E-state index in [2.05, 4.69) is 15.9 Å². The van der Waals surface area contributed by atoms with E-state index in [9.17, 15) is 5.11 Å². The summed E-state index contributed by atoms with van der Waals surface area (Å²) in [6.45, 7) is 0. The number of aliphatic hydroxyl groups excluding tert-OH is 1. The normalized spacial score (nSPS) is 12.7. The summed E-state index contributed by atoms with van der Waals surface area (Å²) in [6.07, 6.45) is 3.21. The summed E-state index contributed by atoms with van der Waals surface area (Å²) in [6, 6.07) is 7.25. The molecule has 0 aliphatic carbocycles. The molecule has 1 heterocycles. The van der Waals surface area contributed by atoms with Gasteiger partial charge in [-0.05, 0) is 45.3 Å². The fourth-order valence-corrected chi connectivity index (χ4v) is 1.98. The Morgan fingerprint density at radius 3 is 2.81 bits per heavy atom. The monoisotopic (exact) mass is 300 g/mol. The lowest BCUT2D eigenvalue weighted by Crippen LogP contribution is -2.00. The van der Waals surface area contributed by atoms with E-state index in [1.807, 2.05) is 18.2 Å². The van der Waals surface area contributed by atoms with Gasteiger partial charge in [0.05, 0.1) is 23.7 Å². The van der Waals surface area contributed by atoms with Crippen molar-refractivity contribution in [2.24, 2.45) is 0 Å². The molecular weight excluding hydrogens is 291 g/mol. The van der Waals surface area contributed by atoms with Crippen molar-refractivity contribution in [3.63, 3.8) is 0 Å². The van der Waals surface area contributed by atoms with Crippen LogP contribution in [0.3, 0.4) is 0 Å². The minimum Gasteiger partial charge on any atom is -0.472 e. The van der Waals surface area contributed by atoms with Crippen LogP contribution in [0.2, 0.25) is 5.02 Å². The third kappa shape index (κ3) is 2.67. The van der Waals surface area contributed by atoms with E-state index < -0.39 is 6.10 Å². The quantitative estimate of drug-likeness (QED) is 0.930. The lowest BCUT2D eigenvalue weighted by molar-refractivity contribution is 0.178. The van der Waals surface area contributed by atoms with Gasteiger partial charge < -0.3 is 9.52 Å². The molecule has 1 aromatic carbocycles. The van der Waals surface area contributed by atoms with Crippen molar-refractivity contribution in [3.8, 4) is 0 Å². The van der Waals surface area contributed by atoms with Gasteiger partial charge in [-0.1, -0.05) is 17.7 Å². The lowest BCUT2D eigenvalue weighted by Gasteiger charge is -2.10. The number of hydrogen-bond acceptors (Lipinski definition) is 2. The predicted octanol–water partition coefficient (Wildman–Crippen LogP) is 3.97. The van der Waals surface area contributed by atoms with Gasteiger partial charge in [-0.15, -0.1) is 0 Å². The fraction of sp³-hybridized carbons (Fsp3) is 0.167. The molecule has 0 saturated carbocycles. The first-order valence-electron chi connectivity index (χ1n) is 4.81. The minimum absolute atomic E-state index is 0.532. The van der Waals surface area contributed by atoms with E-state index in [1.54, 1.807) is 18.6 Å². The van der Waals surface area contributed by atoms with E-state index >= 15 is 0 Å². The number of aliphatic hydroxyl groups is 1. The van der Waals surface area contributed by atoms with Crippen molar-refractivity contribution in [2.45, 2.75) is 12.5 Å². The topological polar surface area (TPSA) is 33.4 Å². The van der Waals surface area contributed by atoms with Gasteiger partial charge >= 0.3 is 0 Å². The molecule has 0 saturated heterocycles. The second-order valence-electron chi connectivity index (χ2n) is 3.53. The molecular formula is C12H10BrClO2. The molecule has 1 unspecified atom stereocenters. The highest BCUT2D eigenvalue weighted by molar-refractivity contribution is 9.10. The zero-order valence-electron chi connectivity index (χ0n) is 8.36. The number of halogens is 2. The van der Waals surface area contributed by atoms with E-state index in [4.69, 9.17) is 16.0 Å². The predicted molar refractivity (Wildman–Crippen MR) is 66.5 cm³/mol. The van der Waals surface area contributed by atoms with Crippen molar-refractivity contribution in [3.05, 3.63) is 57.4 Å². The van der Waals surface area contributed by atoms with Gasteiger partial charge in [-0.25, -0.2) is 0 Å². The minimum atomic E-state index is -0.550. The molecule has 4 heteroatoms. The first-order chi connectivity index (χ1) is 7.66. The molecule has 2 aromatic rings. The first kappa shape index (κ1) is 11.7. The third-order valence-electron chi connectivity index (χ3n) is 2.34. The summed E-state index contributed by atoms with van der Waals surface area (Å²) in [5, 5.41) is 10.6. The smallest absolute Gasteiger partial charge is 0.0935 e. The van der Waals surface area contributed by atoms with Crippen molar-refractivity contribution in [2.75, 3.05) is 0 Å². The molecule has 0 radical (unpaired) electrons. The molecule has 84 valence electrons. The summed E-state index contributed by atoms with van der Waals surface area (Å²) in [5.41, 5.74) is 1.80. The van der Waals surface area contributed by atoms with Crippen LogP contribution in [0.4, 0.5) is 0 Å². The van der Waals surface area contributed by atoms with Crippen LogP contribution >= 0.6 is 27.5 Å². The molecule has 0 amide bonds. The molecule has 1 atom stereocenters. The Morgan fingerprint density at radius 2 is 2.19 bits per heavy atom. The Hall–Kier alpha value is -0.770. The van der Waals surface area contributed by atoms with E-state index in [0.717, 1.165) is 15.6 Å². The van der Waals surface area contributed by atoms with Crippen LogP contribution in [0.25, 0.3) is 0 Å². The molecule has 1 N–H and O–H groups in total. The number of furan rings is 1. The van der Waals surface area contributed by atoms with Crippen LogP contribution in [0.1, 0.15) is 17.2 Å². The van der Waals surface area contributed by atoms with Gasteiger partial charge in [-0.3, -0.25) is 0 Å². The highest BCUT2D eigenvalue weighted by Gasteiger charge is 2.10. The van der Waals surface area contributed by atoms with E-state index in [1.165, 1.54) is 0 Å². The van der Waals surface area contributed by atoms with Gasteiger partial charge in [0, 0.05) is 10.9 Å². The van der Waals surface area contributed by atoms with Crippen molar-refractivity contribution < 1.29 is 9.52 Å². The third-order valence-corrected chi connectivity index (χ3v) is 3.55. The van der Waals surface area contributed by atoms with Crippen molar-refractivity contribution >= 4 is 27.5 Å². The lowest BCUT2D eigenvalue weighted by atomic mass is 10.0. The van der Waals surface area contributed by atoms with Crippen LogP contribution in [0.15, 0.2) is 45.7 Å².